The average Bonchev–Trinajstić information content (AvgIpc) is 2.95. The van der Waals surface area contributed by atoms with Gasteiger partial charge in [-0.3, -0.25) is 5.10 Å². The van der Waals surface area contributed by atoms with Gasteiger partial charge in [0.25, 0.3) is 10.0 Å². The van der Waals surface area contributed by atoms with Gasteiger partial charge in [-0.1, -0.05) is 12.8 Å². The Morgan fingerprint density at radius 2 is 2.11 bits per heavy atom. The minimum Gasteiger partial charge on any atom is -0.392 e. The Balaban J connectivity index is 2.09. The zero-order valence-corrected chi connectivity index (χ0v) is 11.3. The van der Waals surface area contributed by atoms with E-state index in [1.165, 1.54) is 12.8 Å². The Bertz CT molecular complexity index is 504. The average molecular weight is 273 g/mol. The molecule has 1 fully saturated rings. The first-order chi connectivity index (χ1) is 8.54. The van der Waals surface area contributed by atoms with Crippen molar-refractivity contribution in [3.05, 3.63) is 11.3 Å². The van der Waals surface area contributed by atoms with Crippen LogP contribution in [-0.2, 0) is 16.6 Å². The van der Waals surface area contributed by atoms with E-state index in [9.17, 15) is 13.5 Å². The van der Waals surface area contributed by atoms with Crippen molar-refractivity contribution in [2.45, 2.75) is 44.2 Å². The number of aliphatic hydroxyl groups excluding tert-OH is 1. The van der Waals surface area contributed by atoms with Crippen LogP contribution in [0, 0.1) is 12.8 Å². The summed E-state index contributed by atoms with van der Waals surface area (Å²) in [6, 6.07) is 0. The second-order valence-electron chi connectivity index (χ2n) is 4.79. The maximum absolute atomic E-state index is 12.1. The summed E-state index contributed by atoms with van der Waals surface area (Å²) in [5, 5.41) is 15.5. The predicted molar refractivity (Wildman–Crippen MR) is 66.4 cm³/mol. The smallest absolute Gasteiger partial charge is 0.260 e. The number of hydrogen-bond donors (Lipinski definition) is 3. The van der Waals surface area contributed by atoms with Crippen LogP contribution in [-0.4, -0.2) is 30.3 Å². The third kappa shape index (κ3) is 2.73. The van der Waals surface area contributed by atoms with Gasteiger partial charge in [-0.05, 0) is 25.7 Å². The van der Waals surface area contributed by atoms with E-state index in [-0.39, 0.29) is 11.6 Å². The molecule has 0 spiro atoms. The zero-order chi connectivity index (χ0) is 13.2. The first-order valence-electron chi connectivity index (χ1n) is 6.19. The van der Waals surface area contributed by atoms with Gasteiger partial charge in [0.2, 0.25) is 0 Å². The second-order valence-corrected chi connectivity index (χ2v) is 6.48. The van der Waals surface area contributed by atoms with E-state index in [2.05, 4.69) is 14.9 Å². The van der Waals surface area contributed by atoms with E-state index in [1.54, 1.807) is 6.92 Å². The summed E-state index contributed by atoms with van der Waals surface area (Å²) in [7, 11) is -3.62. The Morgan fingerprint density at radius 1 is 1.44 bits per heavy atom. The van der Waals surface area contributed by atoms with Crippen molar-refractivity contribution >= 4 is 10.0 Å². The lowest BCUT2D eigenvalue weighted by Crippen LogP contribution is -2.29. The maximum Gasteiger partial charge on any atom is 0.260 e. The largest absolute Gasteiger partial charge is 0.392 e. The van der Waals surface area contributed by atoms with E-state index in [0.29, 0.717) is 23.7 Å². The van der Waals surface area contributed by atoms with Crippen LogP contribution < -0.4 is 4.72 Å². The fourth-order valence-electron chi connectivity index (χ4n) is 2.35. The lowest BCUT2D eigenvalue weighted by atomic mass is 10.1. The molecular formula is C11H19N3O3S. The molecule has 2 rings (SSSR count). The van der Waals surface area contributed by atoms with Gasteiger partial charge in [-0.2, -0.15) is 5.10 Å². The van der Waals surface area contributed by atoms with Crippen molar-refractivity contribution in [3.8, 4) is 0 Å². The monoisotopic (exact) mass is 273 g/mol. The van der Waals surface area contributed by atoms with Crippen molar-refractivity contribution in [1.29, 1.82) is 0 Å². The second kappa shape index (κ2) is 5.38. The molecule has 1 heterocycles. The molecule has 18 heavy (non-hydrogen) atoms. The Morgan fingerprint density at radius 3 is 2.72 bits per heavy atom. The van der Waals surface area contributed by atoms with Gasteiger partial charge in [0.05, 0.1) is 6.61 Å². The Labute approximate surface area is 107 Å². The van der Waals surface area contributed by atoms with Gasteiger partial charge in [-0.25, -0.2) is 13.1 Å². The Kier molecular flexibility index (Phi) is 4.04. The summed E-state index contributed by atoms with van der Waals surface area (Å²) in [6.07, 6.45) is 4.51. The molecule has 1 aromatic heterocycles. The van der Waals surface area contributed by atoms with Crippen LogP contribution >= 0.6 is 0 Å². The predicted octanol–water partition coefficient (Wildman–Crippen LogP) is 0.679. The maximum atomic E-state index is 12.1. The van der Waals surface area contributed by atoms with E-state index in [4.69, 9.17) is 0 Å². The van der Waals surface area contributed by atoms with Crippen molar-refractivity contribution in [1.82, 2.24) is 14.9 Å². The van der Waals surface area contributed by atoms with Crippen LogP contribution in [0.25, 0.3) is 0 Å². The lowest BCUT2D eigenvalue weighted by molar-refractivity contribution is 0.277. The molecule has 1 aliphatic carbocycles. The number of aromatic amines is 1. The zero-order valence-electron chi connectivity index (χ0n) is 10.4. The molecule has 3 N–H and O–H groups in total. The molecule has 0 saturated heterocycles. The number of aliphatic hydroxyl groups is 1. The number of nitrogens with one attached hydrogen (secondary N) is 2. The number of sulfonamides is 1. The number of H-pyrrole nitrogens is 1. The van der Waals surface area contributed by atoms with E-state index >= 15 is 0 Å². The molecule has 102 valence electrons. The van der Waals surface area contributed by atoms with Crippen LogP contribution in [0.15, 0.2) is 5.03 Å². The first kappa shape index (κ1) is 13.5. The molecular weight excluding hydrogens is 254 g/mol. The molecule has 0 aromatic carbocycles. The topological polar surface area (TPSA) is 95.1 Å². The fourth-order valence-corrected chi connectivity index (χ4v) is 3.65. The van der Waals surface area contributed by atoms with Crippen LogP contribution in [0.4, 0.5) is 0 Å². The number of aryl methyl sites for hydroxylation is 1. The number of rotatable bonds is 5. The highest BCUT2D eigenvalue weighted by atomic mass is 32.2. The summed E-state index contributed by atoms with van der Waals surface area (Å²) in [5.74, 6) is 0.428. The molecule has 0 aliphatic heterocycles. The molecule has 0 amide bonds. The van der Waals surface area contributed by atoms with E-state index in [0.717, 1.165) is 12.8 Å². The molecule has 0 bridgehead atoms. The van der Waals surface area contributed by atoms with Gasteiger partial charge in [0.15, 0.2) is 5.03 Å². The highest BCUT2D eigenvalue weighted by Crippen LogP contribution is 2.24. The summed E-state index contributed by atoms with van der Waals surface area (Å²) >= 11 is 0. The molecule has 7 heteroatoms. The van der Waals surface area contributed by atoms with Crippen LogP contribution in [0.1, 0.15) is 36.9 Å². The van der Waals surface area contributed by atoms with Gasteiger partial charge >= 0.3 is 0 Å². The Hall–Kier alpha value is -0.920. The lowest BCUT2D eigenvalue weighted by Gasteiger charge is -2.10. The van der Waals surface area contributed by atoms with Gasteiger partial charge in [-0.15, -0.1) is 0 Å². The standard InChI is InChI=1S/C11H19N3O3S/c1-8-10(7-15)11(14-13-8)18(16,17)12-6-9-4-2-3-5-9/h9,12,15H,2-7H2,1H3,(H,13,14). The van der Waals surface area contributed by atoms with Gasteiger partial charge < -0.3 is 5.11 Å². The van der Waals surface area contributed by atoms with Gasteiger partial charge in [0.1, 0.15) is 0 Å². The molecule has 1 aliphatic rings. The van der Waals surface area contributed by atoms with E-state index in [1.807, 2.05) is 0 Å². The van der Waals surface area contributed by atoms with Crippen LogP contribution in [0.3, 0.4) is 0 Å². The van der Waals surface area contributed by atoms with E-state index < -0.39 is 10.0 Å². The van der Waals surface area contributed by atoms with Crippen molar-refractivity contribution in [2.24, 2.45) is 5.92 Å². The number of aromatic nitrogens is 2. The molecule has 6 nitrogen and oxygen atoms in total. The fraction of sp³-hybridized carbons (Fsp3) is 0.727. The quantitative estimate of drug-likeness (QED) is 0.735. The number of hydrogen-bond acceptors (Lipinski definition) is 4. The SMILES string of the molecule is Cc1[nH]nc(S(=O)(=O)NCC2CCCC2)c1CO. The highest BCUT2D eigenvalue weighted by Gasteiger charge is 2.25. The molecule has 0 unspecified atom stereocenters. The van der Waals surface area contributed by atoms with Crippen molar-refractivity contribution < 1.29 is 13.5 Å². The number of nitrogens with zero attached hydrogens (tertiary/aromatic N) is 1. The van der Waals surface area contributed by atoms with Crippen molar-refractivity contribution in [3.63, 3.8) is 0 Å². The van der Waals surface area contributed by atoms with Crippen LogP contribution in [0.2, 0.25) is 0 Å². The summed E-state index contributed by atoms with van der Waals surface area (Å²) in [6.45, 7) is 1.82. The molecule has 0 atom stereocenters. The normalized spacial score (nSPS) is 17.4. The summed E-state index contributed by atoms with van der Waals surface area (Å²) in [4.78, 5) is 0. The van der Waals surface area contributed by atoms with Gasteiger partial charge in [0, 0.05) is 17.8 Å². The first-order valence-corrected chi connectivity index (χ1v) is 7.67. The minimum atomic E-state index is -3.62. The van der Waals surface area contributed by atoms with Crippen LogP contribution in [0.5, 0.6) is 0 Å². The molecule has 0 radical (unpaired) electrons. The minimum absolute atomic E-state index is 0.0829. The third-order valence-corrected chi connectivity index (χ3v) is 4.88. The molecule has 1 aromatic rings. The third-order valence-electron chi connectivity index (χ3n) is 3.49. The summed E-state index contributed by atoms with van der Waals surface area (Å²) in [5.41, 5.74) is 0.924. The highest BCUT2D eigenvalue weighted by molar-refractivity contribution is 7.89. The summed E-state index contributed by atoms with van der Waals surface area (Å²) < 4.78 is 26.7. The molecule has 1 saturated carbocycles. The van der Waals surface area contributed by atoms with Crippen molar-refractivity contribution in [2.75, 3.05) is 6.54 Å².